The highest BCUT2D eigenvalue weighted by molar-refractivity contribution is 5.95. The number of anilines is 1. The predicted molar refractivity (Wildman–Crippen MR) is 154 cm³/mol. The molecule has 6 heteroatoms. The maximum Gasteiger partial charge on any atom is 0.254 e. The van der Waals surface area contributed by atoms with E-state index in [1.54, 1.807) is 18.6 Å². The van der Waals surface area contributed by atoms with Gasteiger partial charge in [0.05, 0.1) is 23.4 Å². The highest BCUT2D eigenvalue weighted by Crippen LogP contribution is 2.35. The Morgan fingerprint density at radius 2 is 1.65 bits per heavy atom. The number of hydrogen-bond acceptors (Lipinski definition) is 4. The minimum Gasteiger partial charge on any atom is -0.470 e. The van der Waals surface area contributed by atoms with E-state index in [-0.39, 0.29) is 5.56 Å². The largest absolute Gasteiger partial charge is 0.470 e. The lowest BCUT2D eigenvalue weighted by molar-refractivity contribution is 0.0854. The van der Waals surface area contributed by atoms with Crippen molar-refractivity contribution in [2.75, 3.05) is 11.9 Å². The molecule has 1 amide bonds. The number of carbonyl (C=O) groups is 1. The van der Waals surface area contributed by atoms with Crippen LogP contribution in [0.15, 0.2) is 114 Å². The van der Waals surface area contributed by atoms with Crippen molar-refractivity contribution in [3.63, 3.8) is 0 Å². The molecule has 0 radical (unpaired) electrons. The third-order valence-corrected chi connectivity index (χ3v) is 7.52. The van der Waals surface area contributed by atoms with Gasteiger partial charge in [-0.15, -0.1) is 0 Å². The number of halogens is 1. The Balaban J connectivity index is 1.20. The van der Waals surface area contributed by atoms with Gasteiger partial charge in [0.25, 0.3) is 5.91 Å². The lowest BCUT2D eigenvalue weighted by atomic mass is 10.0. The van der Waals surface area contributed by atoms with Crippen LogP contribution < -0.4 is 10.2 Å². The van der Waals surface area contributed by atoms with E-state index in [4.69, 9.17) is 4.42 Å². The Bertz CT molecular complexity index is 1650. The van der Waals surface area contributed by atoms with Crippen LogP contribution in [0, 0.1) is 5.82 Å². The standard InChI is InChI=1S/C34H29FN2O3/c1-37(31-21-40-20-29(31)24-10-6-3-7-11-24)19-22-12-13-26-18-32(38)33(28(26)16-22)36-34(39)27-15-14-25(17-30(27)35)23-8-4-2-5-9-23/h2-17,20-21,32-33,38H,18-19H2,1H3,(H,36,39)/t32-,33-/m1/s1. The topological polar surface area (TPSA) is 65.7 Å². The first-order valence-corrected chi connectivity index (χ1v) is 13.3. The fourth-order valence-electron chi connectivity index (χ4n) is 5.45. The molecule has 0 spiro atoms. The number of rotatable bonds is 7. The van der Waals surface area contributed by atoms with E-state index in [0.717, 1.165) is 39.1 Å². The number of furan rings is 1. The average Bonchev–Trinajstić information content (AvgIpc) is 3.59. The van der Waals surface area contributed by atoms with E-state index in [1.165, 1.54) is 12.1 Å². The molecular weight excluding hydrogens is 503 g/mol. The summed E-state index contributed by atoms with van der Waals surface area (Å²) in [6.07, 6.45) is 3.11. The molecule has 0 saturated carbocycles. The number of nitrogens with one attached hydrogen (secondary N) is 1. The molecule has 1 heterocycles. The number of hydrogen-bond donors (Lipinski definition) is 2. The molecular formula is C34H29FN2O3. The van der Waals surface area contributed by atoms with Crippen LogP contribution in [0.25, 0.3) is 22.3 Å². The van der Waals surface area contributed by atoms with E-state index < -0.39 is 23.9 Å². The summed E-state index contributed by atoms with van der Waals surface area (Å²) >= 11 is 0. The molecule has 1 aliphatic rings. The summed E-state index contributed by atoms with van der Waals surface area (Å²) in [6.45, 7) is 0.596. The van der Waals surface area contributed by atoms with Crippen molar-refractivity contribution in [3.05, 3.63) is 138 Å². The molecule has 0 unspecified atom stereocenters. The molecule has 0 bridgehead atoms. The van der Waals surface area contributed by atoms with Crippen LogP contribution in [0.2, 0.25) is 0 Å². The van der Waals surface area contributed by atoms with Gasteiger partial charge in [-0.25, -0.2) is 4.39 Å². The van der Waals surface area contributed by atoms with Crippen molar-refractivity contribution < 1.29 is 18.7 Å². The Morgan fingerprint density at radius 1 is 0.925 bits per heavy atom. The Labute approximate surface area is 232 Å². The fraction of sp³-hybridized carbons (Fsp3) is 0.147. The van der Waals surface area contributed by atoms with Crippen LogP contribution in [-0.4, -0.2) is 24.2 Å². The minimum atomic E-state index is -0.794. The number of fused-ring (bicyclic) bond motifs is 1. The van der Waals surface area contributed by atoms with Gasteiger partial charge < -0.3 is 19.7 Å². The predicted octanol–water partition coefficient (Wildman–Crippen LogP) is 6.78. The van der Waals surface area contributed by atoms with Gasteiger partial charge in [-0.3, -0.25) is 4.79 Å². The second kappa shape index (κ2) is 10.8. The van der Waals surface area contributed by atoms with E-state index in [9.17, 15) is 9.90 Å². The second-order valence-corrected chi connectivity index (χ2v) is 10.2. The molecule has 0 aliphatic heterocycles. The normalized spacial score (nSPS) is 16.0. The molecule has 5 aromatic rings. The molecule has 6 rings (SSSR count). The molecule has 1 aliphatic carbocycles. The Kier molecular flexibility index (Phi) is 6.93. The second-order valence-electron chi connectivity index (χ2n) is 10.2. The highest BCUT2D eigenvalue weighted by atomic mass is 19.1. The third-order valence-electron chi connectivity index (χ3n) is 7.52. The fourth-order valence-corrected chi connectivity index (χ4v) is 5.45. The summed E-state index contributed by atoms with van der Waals surface area (Å²) in [6, 6.07) is 29.5. The van der Waals surface area contributed by atoms with Gasteiger partial charge in [0, 0.05) is 25.6 Å². The summed E-state index contributed by atoms with van der Waals surface area (Å²) in [5, 5.41) is 13.7. The van der Waals surface area contributed by atoms with Crippen LogP contribution in [0.1, 0.15) is 33.1 Å². The molecule has 0 saturated heterocycles. The van der Waals surface area contributed by atoms with Gasteiger partial charge in [-0.2, -0.15) is 0 Å². The van der Waals surface area contributed by atoms with Crippen LogP contribution in [0.3, 0.4) is 0 Å². The summed E-state index contributed by atoms with van der Waals surface area (Å²) < 4.78 is 20.6. The van der Waals surface area contributed by atoms with E-state index in [0.29, 0.717) is 18.5 Å². The van der Waals surface area contributed by atoms with Gasteiger partial charge in [0.15, 0.2) is 0 Å². The number of benzene rings is 4. The molecule has 5 nitrogen and oxygen atoms in total. The number of carbonyl (C=O) groups excluding carboxylic acids is 1. The van der Waals surface area contributed by atoms with Crippen LogP contribution in [0.5, 0.6) is 0 Å². The van der Waals surface area contributed by atoms with Crippen molar-refractivity contribution >= 4 is 11.6 Å². The van der Waals surface area contributed by atoms with Gasteiger partial charge >= 0.3 is 0 Å². The first-order chi connectivity index (χ1) is 19.5. The smallest absolute Gasteiger partial charge is 0.254 e. The van der Waals surface area contributed by atoms with E-state index >= 15 is 4.39 Å². The van der Waals surface area contributed by atoms with Crippen LogP contribution in [0.4, 0.5) is 10.1 Å². The first-order valence-electron chi connectivity index (χ1n) is 13.3. The third kappa shape index (κ3) is 5.01. The zero-order valence-corrected chi connectivity index (χ0v) is 22.1. The SMILES string of the molecule is CN(Cc1ccc2c(c1)[C@@H](NC(=O)c1ccc(-c3ccccc3)cc1F)[C@H](O)C2)c1cocc1-c1ccccc1. The van der Waals surface area contributed by atoms with Gasteiger partial charge in [0.2, 0.25) is 0 Å². The molecule has 2 N–H and O–H groups in total. The molecule has 2 atom stereocenters. The Morgan fingerprint density at radius 3 is 2.38 bits per heavy atom. The van der Waals surface area contributed by atoms with Gasteiger partial charge in [-0.1, -0.05) is 84.9 Å². The lowest BCUT2D eigenvalue weighted by Crippen LogP contribution is -2.34. The lowest BCUT2D eigenvalue weighted by Gasteiger charge is -2.21. The summed E-state index contributed by atoms with van der Waals surface area (Å²) in [5.41, 5.74) is 7.40. The molecule has 0 fully saturated rings. The highest BCUT2D eigenvalue weighted by Gasteiger charge is 2.33. The molecule has 4 aromatic carbocycles. The maximum atomic E-state index is 15.0. The monoisotopic (exact) mass is 532 g/mol. The molecule has 40 heavy (non-hydrogen) atoms. The zero-order chi connectivity index (χ0) is 27.6. The number of amides is 1. The molecule has 1 aromatic heterocycles. The van der Waals surface area contributed by atoms with Crippen molar-refractivity contribution in [2.45, 2.75) is 25.1 Å². The summed E-state index contributed by atoms with van der Waals surface area (Å²) in [4.78, 5) is 15.2. The van der Waals surface area contributed by atoms with E-state index in [1.807, 2.05) is 85.9 Å². The molecule has 200 valence electrons. The Hall–Kier alpha value is -4.68. The van der Waals surface area contributed by atoms with Crippen molar-refractivity contribution in [3.8, 4) is 22.3 Å². The maximum absolute atomic E-state index is 15.0. The van der Waals surface area contributed by atoms with Crippen molar-refractivity contribution in [1.29, 1.82) is 0 Å². The zero-order valence-electron chi connectivity index (χ0n) is 22.1. The van der Waals surface area contributed by atoms with Crippen molar-refractivity contribution in [2.24, 2.45) is 0 Å². The quantitative estimate of drug-likeness (QED) is 0.243. The summed E-state index contributed by atoms with van der Waals surface area (Å²) in [5.74, 6) is -1.15. The minimum absolute atomic E-state index is 0.0513. The number of nitrogens with zero attached hydrogens (tertiary/aromatic N) is 1. The van der Waals surface area contributed by atoms with Crippen LogP contribution >= 0.6 is 0 Å². The van der Waals surface area contributed by atoms with Gasteiger partial charge in [0.1, 0.15) is 18.3 Å². The number of aliphatic hydroxyl groups is 1. The average molecular weight is 533 g/mol. The van der Waals surface area contributed by atoms with Crippen LogP contribution in [-0.2, 0) is 13.0 Å². The summed E-state index contributed by atoms with van der Waals surface area (Å²) in [7, 11) is 2.00. The first kappa shape index (κ1) is 25.6. The van der Waals surface area contributed by atoms with Crippen molar-refractivity contribution in [1.82, 2.24) is 5.32 Å². The van der Waals surface area contributed by atoms with E-state index in [2.05, 4.69) is 10.2 Å². The van der Waals surface area contributed by atoms with Gasteiger partial charge in [-0.05, 0) is 45.5 Å². The number of aliphatic hydroxyl groups excluding tert-OH is 1.